The highest BCUT2D eigenvalue weighted by molar-refractivity contribution is 5.91. The van der Waals surface area contributed by atoms with Gasteiger partial charge in [-0.1, -0.05) is 12.8 Å². The molecule has 3 rings (SSSR count). The summed E-state index contributed by atoms with van der Waals surface area (Å²) in [5, 5.41) is 1.07. The number of pyridine rings is 1. The van der Waals surface area contributed by atoms with Crippen molar-refractivity contribution in [3.8, 4) is 11.5 Å². The summed E-state index contributed by atoms with van der Waals surface area (Å²) >= 11 is 0. The minimum Gasteiger partial charge on any atom is -0.497 e. The predicted molar refractivity (Wildman–Crippen MR) is 90.3 cm³/mol. The van der Waals surface area contributed by atoms with Crippen molar-refractivity contribution in [3.63, 3.8) is 0 Å². The van der Waals surface area contributed by atoms with Gasteiger partial charge in [0.25, 0.3) is 0 Å². The summed E-state index contributed by atoms with van der Waals surface area (Å²) in [6.07, 6.45) is 5.15. The lowest BCUT2D eigenvalue weighted by Gasteiger charge is -2.23. The highest BCUT2D eigenvalue weighted by Crippen LogP contribution is 2.34. The third-order valence-electron chi connectivity index (χ3n) is 4.42. The zero-order chi connectivity index (χ0) is 15.5. The maximum atomic E-state index is 5.52. The maximum Gasteiger partial charge on any atom is 0.132 e. The van der Waals surface area contributed by atoms with Crippen LogP contribution in [-0.2, 0) is 0 Å². The zero-order valence-corrected chi connectivity index (χ0v) is 13.7. The van der Waals surface area contributed by atoms with Gasteiger partial charge in [-0.05, 0) is 31.4 Å². The van der Waals surface area contributed by atoms with Crippen LogP contribution in [0.2, 0.25) is 0 Å². The Morgan fingerprint density at radius 1 is 0.955 bits per heavy atom. The van der Waals surface area contributed by atoms with Crippen LogP contribution < -0.4 is 14.4 Å². The molecular weight excluding hydrogens is 276 g/mol. The van der Waals surface area contributed by atoms with Crippen molar-refractivity contribution in [2.75, 3.05) is 32.2 Å². The minimum atomic E-state index is 0.782. The number of aromatic nitrogens is 1. The van der Waals surface area contributed by atoms with Gasteiger partial charge in [0.15, 0.2) is 0 Å². The molecular formula is C18H24N2O2. The summed E-state index contributed by atoms with van der Waals surface area (Å²) in [4.78, 5) is 7.29. The third kappa shape index (κ3) is 2.82. The quantitative estimate of drug-likeness (QED) is 0.860. The molecule has 0 radical (unpaired) electrons. The molecule has 1 fully saturated rings. The van der Waals surface area contributed by atoms with Gasteiger partial charge in [0, 0.05) is 30.6 Å². The van der Waals surface area contributed by atoms with E-state index in [4.69, 9.17) is 14.5 Å². The number of benzene rings is 1. The monoisotopic (exact) mass is 300 g/mol. The smallest absolute Gasteiger partial charge is 0.132 e. The molecule has 4 nitrogen and oxygen atoms in total. The number of methoxy groups -OCH3 is 2. The summed E-state index contributed by atoms with van der Waals surface area (Å²) in [5.74, 6) is 2.67. The fraction of sp³-hybridized carbons (Fsp3) is 0.500. The van der Waals surface area contributed by atoms with Gasteiger partial charge in [-0.25, -0.2) is 4.98 Å². The SMILES string of the molecule is COc1cc(OC)c2c(C)cc(N3CCCCCC3)nc2c1. The molecule has 0 aliphatic carbocycles. The van der Waals surface area contributed by atoms with E-state index in [9.17, 15) is 0 Å². The average Bonchev–Trinajstić information content (AvgIpc) is 2.82. The molecule has 1 aliphatic heterocycles. The van der Waals surface area contributed by atoms with E-state index in [0.29, 0.717) is 0 Å². The zero-order valence-electron chi connectivity index (χ0n) is 13.7. The normalized spacial score (nSPS) is 15.7. The first-order valence-electron chi connectivity index (χ1n) is 8.01. The van der Waals surface area contributed by atoms with E-state index in [1.165, 1.54) is 31.2 Å². The largest absolute Gasteiger partial charge is 0.497 e. The third-order valence-corrected chi connectivity index (χ3v) is 4.42. The molecule has 118 valence electrons. The fourth-order valence-electron chi connectivity index (χ4n) is 3.22. The number of aryl methyl sites for hydroxylation is 1. The molecule has 0 amide bonds. The number of anilines is 1. The Morgan fingerprint density at radius 3 is 2.32 bits per heavy atom. The van der Waals surface area contributed by atoms with E-state index in [2.05, 4.69) is 17.9 Å². The molecule has 22 heavy (non-hydrogen) atoms. The lowest BCUT2D eigenvalue weighted by molar-refractivity contribution is 0.397. The summed E-state index contributed by atoms with van der Waals surface area (Å²) in [6.45, 7) is 4.32. The Balaban J connectivity index is 2.10. The van der Waals surface area contributed by atoms with Gasteiger partial charge in [-0.2, -0.15) is 0 Å². The molecule has 0 spiro atoms. The first-order valence-corrected chi connectivity index (χ1v) is 8.01. The number of hydrogen-bond acceptors (Lipinski definition) is 4. The van der Waals surface area contributed by atoms with Gasteiger partial charge in [-0.15, -0.1) is 0 Å². The predicted octanol–water partition coefficient (Wildman–Crippen LogP) is 3.94. The molecule has 2 aromatic rings. The number of fused-ring (bicyclic) bond motifs is 1. The van der Waals surface area contributed by atoms with Crippen molar-refractivity contribution in [2.45, 2.75) is 32.6 Å². The van der Waals surface area contributed by atoms with Gasteiger partial charge < -0.3 is 14.4 Å². The van der Waals surface area contributed by atoms with Gasteiger partial charge in [0.05, 0.1) is 19.7 Å². The topological polar surface area (TPSA) is 34.6 Å². The van der Waals surface area contributed by atoms with Crippen molar-refractivity contribution >= 4 is 16.7 Å². The summed E-state index contributed by atoms with van der Waals surface area (Å²) < 4.78 is 10.9. The van der Waals surface area contributed by atoms with Crippen molar-refractivity contribution in [3.05, 3.63) is 23.8 Å². The van der Waals surface area contributed by atoms with Crippen LogP contribution in [0.3, 0.4) is 0 Å². The highest BCUT2D eigenvalue weighted by Gasteiger charge is 2.15. The molecule has 1 aromatic heterocycles. The maximum absolute atomic E-state index is 5.52. The molecule has 4 heteroatoms. The lowest BCUT2D eigenvalue weighted by Crippen LogP contribution is -2.25. The molecule has 0 atom stereocenters. The Bertz CT molecular complexity index is 662. The van der Waals surface area contributed by atoms with Crippen LogP contribution in [0.5, 0.6) is 11.5 Å². The van der Waals surface area contributed by atoms with Gasteiger partial charge in [0.2, 0.25) is 0 Å². The lowest BCUT2D eigenvalue weighted by atomic mass is 10.1. The molecule has 2 heterocycles. The fourth-order valence-corrected chi connectivity index (χ4v) is 3.22. The first-order chi connectivity index (χ1) is 10.7. The van der Waals surface area contributed by atoms with Gasteiger partial charge in [0.1, 0.15) is 17.3 Å². The molecule has 0 unspecified atom stereocenters. The molecule has 1 aromatic carbocycles. The van der Waals surface area contributed by atoms with Crippen LogP contribution in [0, 0.1) is 6.92 Å². The minimum absolute atomic E-state index is 0.782. The van der Waals surface area contributed by atoms with Crippen LogP contribution in [0.25, 0.3) is 10.9 Å². The van der Waals surface area contributed by atoms with Gasteiger partial charge >= 0.3 is 0 Å². The second-order valence-electron chi connectivity index (χ2n) is 5.92. The molecule has 0 N–H and O–H groups in total. The molecule has 0 saturated carbocycles. The second kappa shape index (κ2) is 6.42. The van der Waals surface area contributed by atoms with Gasteiger partial charge in [-0.3, -0.25) is 0 Å². The van der Waals surface area contributed by atoms with E-state index < -0.39 is 0 Å². The molecule has 1 saturated heterocycles. The first kappa shape index (κ1) is 14.9. The number of ether oxygens (including phenoxy) is 2. The van der Waals surface area contributed by atoms with E-state index >= 15 is 0 Å². The molecule has 1 aliphatic rings. The van der Waals surface area contributed by atoms with E-state index in [1.807, 2.05) is 12.1 Å². The molecule has 0 bridgehead atoms. The second-order valence-corrected chi connectivity index (χ2v) is 5.92. The van der Waals surface area contributed by atoms with Crippen LogP contribution in [0.15, 0.2) is 18.2 Å². The van der Waals surface area contributed by atoms with Crippen LogP contribution >= 0.6 is 0 Å². The Kier molecular flexibility index (Phi) is 4.36. The Hall–Kier alpha value is -1.97. The number of rotatable bonds is 3. The Labute approximate surface area is 132 Å². The summed E-state index contributed by atoms with van der Waals surface area (Å²) in [5.41, 5.74) is 2.14. The van der Waals surface area contributed by atoms with Crippen molar-refractivity contribution in [2.24, 2.45) is 0 Å². The van der Waals surface area contributed by atoms with Crippen molar-refractivity contribution in [1.29, 1.82) is 0 Å². The Morgan fingerprint density at radius 2 is 1.68 bits per heavy atom. The van der Waals surface area contributed by atoms with Crippen molar-refractivity contribution in [1.82, 2.24) is 4.98 Å². The van der Waals surface area contributed by atoms with Crippen molar-refractivity contribution < 1.29 is 9.47 Å². The number of hydrogen-bond donors (Lipinski definition) is 0. The highest BCUT2D eigenvalue weighted by atomic mass is 16.5. The summed E-state index contributed by atoms with van der Waals surface area (Å²) in [7, 11) is 3.36. The average molecular weight is 300 g/mol. The standard InChI is InChI=1S/C18H24N2O2/c1-13-10-17(20-8-6-4-5-7-9-20)19-15-11-14(21-2)12-16(22-3)18(13)15/h10-12H,4-9H2,1-3H3. The van der Waals surface area contributed by atoms with E-state index in [-0.39, 0.29) is 0 Å². The van der Waals surface area contributed by atoms with Crippen LogP contribution in [-0.4, -0.2) is 32.3 Å². The summed E-state index contributed by atoms with van der Waals surface area (Å²) in [6, 6.07) is 6.09. The van der Waals surface area contributed by atoms with Crippen LogP contribution in [0.1, 0.15) is 31.2 Å². The van der Waals surface area contributed by atoms with Crippen LogP contribution in [0.4, 0.5) is 5.82 Å². The number of nitrogens with zero attached hydrogens (tertiary/aromatic N) is 2. The van der Waals surface area contributed by atoms with E-state index in [0.717, 1.165) is 41.3 Å². The van der Waals surface area contributed by atoms with E-state index in [1.54, 1.807) is 14.2 Å².